The number of terminal acetylenes is 1. The highest BCUT2D eigenvalue weighted by Gasteiger charge is 2.14. The van der Waals surface area contributed by atoms with E-state index in [0.29, 0.717) is 6.54 Å². The van der Waals surface area contributed by atoms with Crippen molar-refractivity contribution in [3.63, 3.8) is 0 Å². The average Bonchev–Trinajstić information content (AvgIpc) is 2.02. The SMILES string of the molecule is C#CCN(C)C(=O)C(C)SC. The molecule has 0 fully saturated rings. The number of nitrogens with zero attached hydrogens (tertiary/aromatic N) is 1. The molecule has 0 spiro atoms. The van der Waals surface area contributed by atoms with E-state index >= 15 is 0 Å². The lowest BCUT2D eigenvalue weighted by molar-refractivity contribution is -0.128. The topological polar surface area (TPSA) is 20.3 Å². The minimum absolute atomic E-state index is 0.00773. The van der Waals surface area contributed by atoms with E-state index in [1.54, 1.807) is 11.9 Å². The molecule has 0 saturated carbocycles. The molecule has 0 rings (SSSR count). The highest BCUT2D eigenvalue weighted by molar-refractivity contribution is 7.99. The van der Waals surface area contributed by atoms with Gasteiger partial charge in [-0.05, 0) is 13.2 Å². The van der Waals surface area contributed by atoms with Gasteiger partial charge in [0, 0.05) is 7.05 Å². The van der Waals surface area contributed by atoms with Crippen molar-refractivity contribution in [3.8, 4) is 12.3 Å². The Hall–Kier alpha value is -0.620. The van der Waals surface area contributed by atoms with Crippen LogP contribution in [0.1, 0.15) is 6.92 Å². The summed E-state index contributed by atoms with van der Waals surface area (Å²) in [4.78, 5) is 12.8. The normalized spacial score (nSPS) is 11.8. The summed E-state index contributed by atoms with van der Waals surface area (Å²) >= 11 is 1.53. The molecule has 2 nitrogen and oxygen atoms in total. The van der Waals surface area contributed by atoms with Crippen LogP contribution in [0.15, 0.2) is 0 Å². The van der Waals surface area contributed by atoms with Gasteiger partial charge >= 0.3 is 0 Å². The third kappa shape index (κ3) is 3.33. The van der Waals surface area contributed by atoms with Crippen LogP contribution in [-0.4, -0.2) is 35.9 Å². The summed E-state index contributed by atoms with van der Waals surface area (Å²) in [5.74, 6) is 2.52. The van der Waals surface area contributed by atoms with Crippen molar-refractivity contribution in [1.82, 2.24) is 4.90 Å². The zero-order chi connectivity index (χ0) is 8.85. The largest absolute Gasteiger partial charge is 0.334 e. The summed E-state index contributed by atoms with van der Waals surface area (Å²) in [5, 5.41) is 0.00773. The lowest BCUT2D eigenvalue weighted by Crippen LogP contribution is -2.33. The second kappa shape index (κ2) is 5.09. The van der Waals surface area contributed by atoms with E-state index in [4.69, 9.17) is 6.42 Å². The number of amides is 1. The van der Waals surface area contributed by atoms with Crippen LogP contribution in [0.5, 0.6) is 0 Å². The van der Waals surface area contributed by atoms with E-state index in [-0.39, 0.29) is 11.2 Å². The molecule has 1 unspecified atom stereocenters. The van der Waals surface area contributed by atoms with E-state index in [1.807, 2.05) is 13.2 Å². The Balaban J connectivity index is 3.93. The molecule has 1 atom stereocenters. The Morgan fingerprint density at radius 3 is 2.73 bits per heavy atom. The van der Waals surface area contributed by atoms with Crippen molar-refractivity contribution in [2.75, 3.05) is 19.8 Å². The smallest absolute Gasteiger partial charge is 0.235 e. The van der Waals surface area contributed by atoms with Crippen molar-refractivity contribution in [3.05, 3.63) is 0 Å². The first kappa shape index (κ1) is 10.4. The van der Waals surface area contributed by atoms with Crippen LogP contribution in [0, 0.1) is 12.3 Å². The van der Waals surface area contributed by atoms with Crippen LogP contribution in [0.4, 0.5) is 0 Å². The predicted molar refractivity (Wildman–Crippen MR) is 49.4 cm³/mol. The second-order valence-electron chi connectivity index (χ2n) is 2.28. The van der Waals surface area contributed by atoms with E-state index in [9.17, 15) is 4.79 Å². The summed E-state index contributed by atoms with van der Waals surface area (Å²) in [6, 6.07) is 0. The summed E-state index contributed by atoms with van der Waals surface area (Å²) in [6.07, 6.45) is 6.97. The molecule has 11 heavy (non-hydrogen) atoms. The standard InChI is InChI=1S/C8H13NOS/c1-5-6-9(3)8(10)7(2)11-4/h1,7H,6H2,2-4H3. The number of carbonyl (C=O) groups is 1. The zero-order valence-electron chi connectivity index (χ0n) is 7.13. The highest BCUT2D eigenvalue weighted by atomic mass is 32.2. The van der Waals surface area contributed by atoms with Crippen LogP contribution >= 0.6 is 11.8 Å². The summed E-state index contributed by atoms with van der Waals surface area (Å²) < 4.78 is 0. The summed E-state index contributed by atoms with van der Waals surface area (Å²) in [5.41, 5.74) is 0. The van der Waals surface area contributed by atoms with Crippen molar-refractivity contribution in [1.29, 1.82) is 0 Å². The van der Waals surface area contributed by atoms with Gasteiger partial charge in [0.05, 0.1) is 11.8 Å². The number of hydrogen-bond acceptors (Lipinski definition) is 2. The Kier molecular flexibility index (Phi) is 4.80. The molecule has 0 radical (unpaired) electrons. The quantitative estimate of drug-likeness (QED) is 0.586. The minimum atomic E-state index is 0.00773. The van der Waals surface area contributed by atoms with Crippen LogP contribution in [0.2, 0.25) is 0 Å². The van der Waals surface area contributed by atoms with Crippen molar-refractivity contribution in [2.45, 2.75) is 12.2 Å². The summed E-state index contributed by atoms with van der Waals surface area (Å²) in [6.45, 7) is 2.27. The Morgan fingerprint density at radius 1 is 1.82 bits per heavy atom. The molecule has 0 bridgehead atoms. The predicted octanol–water partition coefficient (Wildman–Crippen LogP) is 0.830. The molecule has 0 heterocycles. The second-order valence-corrected chi connectivity index (χ2v) is 3.45. The molecule has 0 aromatic carbocycles. The maximum atomic E-state index is 11.3. The highest BCUT2D eigenvalue weighted by Crippen LogP contribution is 2.07. The van der Waals surface area contributed by atoms with Crippen LogP contribution in [0.3, 0.4) is 0 Å². The van der Waals surface area contributed by atoms with Crippen LogP contribution in [0.25, 0.3) is 0 Å². The summed E-state index contributed by atoms with van der Waals surface area (Å²) in [7, 11) is 1.72. The maximum absolute atomic E-state index is 11.3. The van der Waals surface area contributed by atoms with Gasteiger partial charge < -0.3 is 4.90 Å². The molecule has 0 aliphatic heterocycles. The molecule has 0 aromatic heterocycles. The van der Waals surface area contributed by atoms with Gasteiger partial charge in [-0.25, -0.2) is 0 Å². The third-order valence-corrected chi connectivity index (χ3v) is 2.31. The molecular weight excluding hydrogens is 158 g/mol. The van der Waals surface area contributed by atoms with Crippen molar-refractivity contribution < 1.29 is 4.79 Å². The van der Waals surface area contributed by atoms with Gasteiger partial charge in [0.15, 0.2) is 0 Å². The molecule has 62 valence electrons. The first-order valence-electron chi connectivity index (χ1n) is 3.34. The number of thioether (sulfide) groups is 1. The third-order valence-electron chi connectivity index (χ3n) is 1.41. The lowest BCUT2D eigenvalue weighted by atomic mass is 10.4. The molecule has 0 aromatic rings. The van der Waals surface area contributed by atoms with E-state index in [1.165, 1.54) is 11.8 Å². The number of carbonyl (C=O) groups excluding carboxylic acids is 1. The van der Waals surface area contributed by atoms with Gasteiger partial charge in [0.25, 0.3) is 0 Å². The minimum Gasteiger partial charge on any atom is -0.334 e. The van der Waals surface area contributed by atoms with Gasteiger partial charge in [-0.3, -0.25) is 4.79 Å². The molecular formula is C8H13NOS. The molecule has 3 heteroatoms. The fourth-order valence-corrected chi connectivity index (χ4v) is 1.01. The average molecular weight is 171 g/mol. The van der Waals surface area contributed by atoms with Gasteiger partial charge in [0.1, 0.15) is 0 Å². The van der Waals surface area contributed by atoms with Gasteiger partial charge in [-0.1, -0.05) is 5.92 Å². The van der Waals surface area contributed by atoms with E-state index in [2.05, 4.69) is 5.92 Å². The molecule has 1 amide bonds. The molecule has 0 saturated heterocycles. The maximum Gasteiger partial charge on any atom is 0.235 e. The Bertz CT molecular complexity index is 173. The fraction of sp³-hybridized carbons (Fsp3) is 0.625. The number of rotatable bonds is 3. The van der Waals surface area contributed by atoms with Crippen molar-refractivity contribution in [2.24, 2.45) is 0 Å². The molecule has 0 N–H and O–H groups in total. The van der Waals surface area contributed by atoms with E-state index < -0.39 is 0 Å². The van der Waals surface area contributed by atoms with Gasteiger partial charge in [-0.2, -0.15) is 11.8 Å². The van der Waals surface area contributed by atoms with Gasteiger partial charge in [0.2, 0.25) is 5.91 Å². The first-order chi connectivity index (χ1) is 5.13. The zero-order valence-corrected chi connectivity index (χ0v) is 7.94. The Labute approximate surface area is 72.3 Å². The van der Waals surface area contributed by atoms with E-state index in [0.717, 1.165) is 0 Å². The monoisotopic (exact) mass is 171 g/mol. The van der Waals surface area contributed by atoms with Crippen LogP contribution < -0.4 is 0 Å². The number of hydrogen-bond donors (Lipinski definition) is 0. The lowest BCUT2D eigenvalue weighted by Gasteiger charge is -2.17. The Morgan fingerprint density at radius 2 is 2.36 bits per heavy atom. The van der Waals surface area contributed by atoms with Gasteiger partial charge in [-0.15, -0.1) is 6.42 Å². The van der Waals surface area contributed by atoms with Crippen LogP contribution in [-0.2, 0) is 4.79 Å². The first-order valence-corrected chi connectivity index (χ1v) is 4.63. The molecule has 0 aliphatic rings. The fourth-order valence-electron chi connectivity index (χ4n) is 0.626. The molecule has 0 aliphatic carbocycles. The van der Waals surface area contributed by atoms with Crippen molar-refractivity contribution >= 4 is 17.7 Å².